The fourth-order valence-electron chi connectivity index (χ4n) is 6.04. The van der Waals surface area contributed by atoms with E-state index in [1.54, 1.807) is 4.90 Å². The van der Waals surface area contributed by atoms with Crippen LogP contribution in [0.1, 0.15) is 36.3 Å². The van der Waals surface area contributed by atoms with Gasteiger partial charge in [-0.15, -0.1) is 0 Å². The summed E-state index contributed by atoms with van der Waals surface area (Å²) in [6.07, 6.45) is 1.75. The number of carboxylic acids is 1. The summed E-state index contributed by atoms with van der Waals surface area (Å²) < 4.78 is 5.68. The Bertz CT molecular complexity index is 1100. The molecule has 3 fully saturated rings. The average Bonchev–Trinajstić information content (AvgIpc) is 3.73. The highest BCUT2D eigenvalue weighted by Crippen LogP contribution is 2.52. The van der Waals surface area contributed by atoms with Crippen molar-refractivity contribution < 1.29 is 24.2 Å². The molecule has 0 aromatic heterocycles. The first kappa shape index (κ1) is 21.2. The molecule has 3 aliphatic carbocycles. The van der Waals surface area contributed by atoms with Gasteiger partial charge in [0.15, 0.2) is 0 Å². The summed E-state index contributed by atoms with van der Waals surface area (Å²) in [7, 11) is 0. The number of carboxylic acid groups (broad SMARTS) is 1. The van der Waals surface area contributed by atoms with Crippen LogP contribution < -0.4 is 5.32 Å². The number of likely N-dealkylation sites (tertiary alicyclic amines) is 1. The lowest BCUT2D eigenvalue weighted by Crippen LogP contribution is -2.42. The third-order valence-electron chi connectivity index (χ3n) is 8.06. The van der Waals surface area contributed by atoms with Crippen LogP contribution in [0.15, 0.2) is 48.5 Å². The van der Waals surface area contributed by atoms with Crippen molar-refractivity contribution in [1.82, 2.24) is 10.2 Å². The smallest absolute Gasteiger partial charge is 0.407 e. The third kappa shape index (κ3) is 3.73. The predicted molar refractivity (Wildman–Crippen MR) is 124 cm³/mol. The molecule has 6 rings (SSSR count). The minimum absolute atomic E-state index is 0.00216. The van der Waals surface area contributed by atoms with Crippen molar-refractivity contribution in [2.24, 2.45) is 23.7 Å². The number of aliphatic carboxylic acids is 1. The lowest BCUT2D eigenvalue weighted by Gasteiger charge is -2.24. The van der Waals surface area contributed by atoms with Crippen molar-refractivity contribution in [2.45, 2.75) is 31.2 Å². The molecule has 7 nitrogen and oxygen atoms in total. The molecule has 2 aromatic rings. The van der Waals surface area contributed by atoms with Gasteiger partial charge in [0.1, 0.15) is 6.61 Å². The number of nitrogens with zero attached hydrogens (tertiary/aromatic N) is 1. The Morgan fingerprint density at radius 1 is 0.971 bits per heavy atom. The molecule has 0 spiro atoms. The number of carbonyl (C=O) groups excluding carboxylic acids is 2. The van der Waals surface area contributed by atoms with E-state index in [-0.39, 0.29) is 48.6 Å². The zero-order valence-corrected chi connectivity index (χ0v) is 18.9. The SMILES string of the molecule is O=C(NC(CC(=O)N1CC2C(C1)C2C(=O)O)C1CC1)OCC1c2ccccc2-c2ccccc21. The average molecular weight is 461 g/mol. The number of fused-ring (bicyclic) bond motifs is 4. The second kappa shape index (κ2) is 8.15. The summed E-state index contributed by atoms with van der Waals surface area (Å²) in [6.45, 7) is 1.28. The Balaban J connectivity index is 1.05. The van der Waals surface area contributed by atoms with Gasteiger partial charge in [-0.25, -0.2) is 4.79 Å². The molecule has 2 N–H and O–H groups in total. The lowest BCUT2D eigenvalue weighted by molar-refractivity contribution is -0.141. The normalized spacial score (nSPS) is 25.2. The topological polar surface area (TPSA) is 95.9 Å². The van der Waals surface area contributed by atoms with Crippen molar-refractivity contribution >= 4 is 18.0 Å². The summed E-state index contributed by atoms with van der Waals surface area (Å²) >= 11 is 0. The van der Waals surface area contributed by atoms with E-state index < -0.39 is 12.1 Å². The van der Waals surface area contributed by atoms with Crippen LogP contribution in [-0.4, -0.2) is 53.7 Å². The molecule has 0 bridgehead atoms. The van der Waals surface area contributed by atoms with Crippen LogP contribution in [0, 0.1) is 23.7 Å². The van der Waals surface area contributed by atoms with Crippen LogP contribution >= 0.6 is 0 Å². The Morgan fingerprint density at radius 3 is 2.12 bits per heavy atom. The van der Waals surface area contributed by atoms with Crippen LogP contribution in [-0.2, 0) is 14.3 Å². The number of alkyl carbamates (subject to hydrolysis) is 1. The van der Waals surface area contributed by atoms with E-state index >= 15 is 0 Å². The second-order valence-electron chi connectivity index (χ2n) is 10.1. The fourth-order valence-corrected chi connectivity index (χ4v) is 6.04. The lowest BCUT2D eigenvalue weighted by atomic mass is 9.98. The molecule has 3 atom stereocenters. The third-order valence-corrected chi connectivity index (χ3v) is 8.06. The zero-order chi connectivity index (χ0) is 23.4. The Morgan fingerprint density at radius 2 is 1.56 bits per heavy atom. The van der Waals surface area contributed by atoms with Crippen molar-refractivity contribution in [1.29, 1.82) is 0 Å². The summed E-state index contributed by atoms with van der Waals surface area (Å²) in [5.74, 6) is -0.567. The standard InChI is InChI=1S/C27H28N2O5/c30-24(29-12-20-21(13-29)25(20)26(31)32)11-23(15-9-10-15)28-27(33)34-14-22-18-7-3-1-5-16(18)17-6-2-4-8-19(17)22/h1-8,15,20-23,25H,9-14H2,(H,28,33)(H,31,32). The van der Waals surface area contributed by atoms with Crippen molar-refractivity contribution in [3.8, 4) is 11.1 Å². The number of ether oxygens (including phenoxy) is 1. The van der Waals surface area contributed by atoms with Crippen LogP contribution in [0.3, 0.4) is 0 Å². The largest absolute Gasteiger partial charge is 0.481 e. The van der Waals surface area contributed by atoms with Gasteiger partial charge in [0.25, 0.3) is 0 Å². The zero-order valence-electron chi connectivity index (χ0n) is 18.9. The Labute approximate surface area is 198 Å². The number of carbonyl (C=O) groups is 3. The summed E-state index contributed by atoms with van der Waals surface area (Å²) in [5.41, 5.74) is 4.69. The monoisotopic (exact) mass is 460 g/mol. The molecule has 4 aliphatic rings. The number of piperidine rings is 1. The van der Waals surface area contributed by atoms with Gasteiger partial charge in [-0.3, -0.25) is 9.59 Å². The van der Waals surface area contributed by atoms with Gasteiger partial charge in [-0.05, 0) is 52.8 Å². The van der Waals surface area contributed by atoms with Gasteiger partial charge in [0.05, 0.1) is 5.92 Å². The Kier molecular flexibility index (Phi) is 5.08. The van der Waals surface area contributed by atoms with Crippen LogP contribution in [0.4, 0.5) is 4.79 Å². The highest BCUT2D eigenvalue weighted by molar-refractivity contribution is 5.81. The highest BCUT2D eigenvalue weighted by atomic mass is 16.5. The van der Waals surface area contributed by atoms with Gasteiger partial charge >= 0.3 is 12.1 Å². The first-order chi connectivity index (χ1) is 16.5. The molecular weight excluding hydrogens is 432 g/mol. The highest BCUT2D eigenvalue weighted by Gasteiger charge is 2.60. The molecular formula is C27H28N2O5. The van der Waals surface area contributed by atoms with E-state index in [0.717, 1.165) is 24.0 Å². The molecule has 34 heavy (non-hydrogen) atoms. The molecule has 0 radical (unpaired) electrons. The first-order valence-corrected chi connectivity index (χ1v) is 12.1. The fraction of sp³-hybridized carbons (Fsp3) is 0.444. The molecule has 1 aliphatic heterocycles. The van der Waals surface area contributed by atoms with Gasteiger partial charge in [0, 0.05) is 31.5 Å². The van der Waals surface area contributed by atoms with Crippen LogP contribution in [0.25, 0.3) is 11.1 Å². The van der Waals surface area contributed by atoms with Crippen LogP contribution in [0.2, 0.25) is 0 Å². The predicted octanol–water partition coefficient (Wildman–Crippen LogP) is 3.48. The molecule has 1 saturated heterocycles. The number of amides is 2. The quantitative estimate of drug-likeness (QED) is 0.660. The van der Waals surface area contributed by atoms with E-state index in [0.29, 0.717) is 19.0 Å². The van der Waals surface area contributed by atoms with Crippen LogP contribution in [0.5, 0.6) is 0 Å². The molecule has 2 aromatic carbocycles. The van der Waals surface area contributed by atoms with Gasteiger partial charge in [0.2, 0.25) is 5.91 Å². The Hall–Kier alpha value is -3.35. The van der Waals surface area contributed by atoms with E-state index in [4.69, 9.17) is 4.74 Å². The first-order valence-electron chi connectivity index (χ1n) is 12.1. The molecule has 7 heteroatoms. The maximum absolute atomic E-state index is 12.8. The maximum atomic E-state index is 12.8. The van der Waals surface area contributed by atoms with Gasteiger partial charge < -0.3 is 20.1 Å². The summed E-state index contributed by atoms with van der Waals surface area (Å²) in [4.78, 5) is 38.5. The minimum atomic E-state index is -0.755. The van der Waals surface area contributed by atoms with E-state index in [1.807, 2.05) is 24.3 Å². The number of hydrogen-bond donors (Lipinski definition) is 2. The molecule has 1 heterocycles. The van der Waals surface area contributed by atoms with Crippen molar-refractivity contribution in [2.75, 3.05) is 19.7 Å². The van der Waals surface area contributed by atoms with E-state index in [2.05, 4.69) is 29.6 Å². The molecule has 3 unspecified atom stereocenters. The number of nitrogens with one attached hydrogen (secondary N) is 1. The second-order valence-corrected chi connectivity index (χ2v) is 10.1. The summed E-state index contributed by atoms with van der Waals surface area (Å²) in [5, 5.41) is 12.1. The maximum Gasteiger partial charge on any atom is 0.407 e. The van der Waals surface area contributed by atoms with Crippen molar-refractivity contribution in [3.63, 3.8) is 0 Å². The molecule has 176 valence electrons. The van der Waals surface area contributed by atoms with E-state index in [9.17, 15) is 19.5 Å². The number of hydrogen-bond acceptors (Lipinski definition) is 4. The number of rotatable bonds is 7. The number of benzene rings is 2. The van der Waals surface area contributed by atoms with Crippen molar-refractivity contribution in [3.05, 3.63) is 59.7 Å². The van der Waals surface area contributed by atoms with E-state index in [1.165, 1.54) is 11.1 Å². The van der Waals surface area contributed by atoms with Gasteiger partial charge in [-0.1, -0.05) is 48.5 Å². The molecule has 2 saturated carbocycles. The van der Waals surface area contributed by atoms with Gasteiger partial charge in [-0.2, -0.15) is 0 Å². The minimum Gasteiger partial charge on any atom is -0.481 e. The molecule has 2 amide bonds. The summed E-state index contributed by atoms with van der Waals surface area (Å²) in [6, 6.07) is 16.2.